The lowest BCUT2D eigenvalue weighted by atomic mass is 10.1. The molecule has 1 unspecified atom stereocenters. The van der Waals surface area contributed by atoms with Crippen LogP contribution < -0.4 is 5.32 Å². The SMILES string of the molecule is CC(CC1CC1)NCCC(=O)N1CCOCC1. The van der Waals surface area contributed by atoms with Gasteiger partial charge in [0, 0.05) is 32.1 Å². The molecule has 2 fully saturated rings. The monoisotopic (exact) mass is 240 g/mol. The highest BCUT2D eigenvalue weighted by atomic mass is 16.5. The van der Waals surface area contributed by atoms with Gasteiger partial charge in [0.15, 0.2) is 0 Å². The van der Waals surface area contributed by atoms with Crippen molar-refractivity contribution in [1.29, 1.82) is 0 Å². The van der Waals surface area contributed by atoms with Crippen LogP contribution >= 0.6 is 0 Å². The number of nitrogens with zero attached hydrogens (tertiary/aromatic N) is 1. The van der Waals surface area contributed by atoms with Crippen molar-refractivity contribution < 1.29 is 9.53 Å². The Morgan fingerprint density at radius 3 is 2.76 bits per heavy atom. The highest BCUT2D eigenvalue weighted by Crippen LogP contribution is 2.33. The fourth-order valence-electron chi connectivity index (χ4n) is 2.33. The third-order valence-corrected chi connectivity index (χ3v) is 3.58. The summed E-state index contributed by atoms with van der Waals surface area (Å²) in [5.41, 5.74) is 0. The molecule has 4 nitrogen and oxygen atoms in total. The highest BCUT2D eigenvalue weighted by Gasteiger charge is 2.23. The van der Waals surface area contributed by atoms with E-state index in [1.165, 1.54) is 19.3 Å². The zero-order chi connectivity index (χ0) is 12.1. The summed E-state index contributed by atoms with van der Waals surface area (Å²) in [6, 6.07) is 0.556. The van der Waals surface area contributed by atoms with E-state index in [1.54, 1.807) is 0 Å². The largest absolute Gasteiger partial charge is 0.378 e. The summed E-state index contributed by atoms with van der Waals surface area (Å²) in [4.78, 5) is 13.8. The Labute approximate surface area is 104 Å². The molecule has 2 aliphatic rings. The van der Waals surface area contributed by atoms with E-state index in [1.807, 2.05) is 4.90 Å². The molecule has 0 aromatic carbocycles. The van der Waals surface area contributed by atoms with Crippen molar-refractivity contribution >= 4 is 5.91 Å². The van der Waals surface area contributed by atoms with Crippen LogP contribution in [0.3, 0.4) is 0 Å². The molecule has 1 aliphatic heterocycles. The predicted molar refractivity (Wildman–Crippen MR) is 66.8 cm³/mol. The standard InChI is InChI=1S/C13H24N2O2/c1-11(10-12-2-3-12)14-5-4-13(16)15-6-8-17-9-7-15/h11-12,14H,2-10H2,1H3. The number of carbonyl (C=O) groups is 1. The molecule has 0 aromatic heterocycles. The van der Waals surface area contributed by atoms with Crippen LogP contribution in [0.5, 0.6) is 0 Å². The van der Waals surface area contributed by atoms with E-state index in [4.69, 9.17) is 4.74 Å². The fourth-order valence-corrected chi connectivity index (χ4v) is 2.33. The molecule has 0 spiro atoms. The third kappa shape index (κ3) is 4.64. The van der Waals surface area contributed by atoms with E-state index in [9.17, 15) is 4.79 Å². The van der Waals surface area contributed by atoms with E-state index < -0.39 is 0 Å². The summed E-state index contributed by atoms with van der Waals surface area (Å²) in [7, 11) is 0. The van der Waals surface area contributed by atoms with Crippen molar-refractivity contribution in [1.82, 2.24) is 10.2 Å². The molecule has 17 heavy (non-hydrogen) atoms. The van der Waals surface area contributed by atoms with Crippen LogP contribution in [0.4, 0.5) is 0 Å². The number of amides is 1. The molecular weight excluding hydrogens is 216 g/mol. The zero-order valence-corrected chi connectivity index (χ0v) is 10.8. The van der Waals surface area contributed by atoms with Gasteiger partial charge in [-0.05, 0) is 19.3 Å². The van der Waals surface area contributed by atoms with Gasteiger partial charge in [-0.2, -0.15) is 0 Å². The van der Waals surface area contributed by atoms with Gasteiger partial charge < -0.3 is 15.0 Å². The summed E-state index contributed by atoms with van der Waals surface area (Å²) in [6.07, 6.45) is 4.69. The van der Waals surface area contributed by atoms with Gasteiger partial charge in [0.05, 0.1) is 13.2 Å². The first-order valence-corrected chi connectivity index (χ1v) is 6.84. The molecule has 1 atom stereocenters. The zero-order valence-electron chi connectivity index (χ0n) is 10.8. The Kier molecular flexibility index (Phi) is 4.80. The fraction of sp³-hybridized carbons (Fsp3) is 0.923. The van der Waals surface area contributed by atoms with E-state index >= 15 is 0 Å². The molecule has 1 saturated heterocycles. The van der Waals surface area contributed by atoms with Gasteiger partial charge in [-0.1, -0.05) is 12.8 Å². The Morgan fingerprint density at radius 1 is 1.41 bits per heavy atom. The van der Waals surface area contributed by atoms with Crippen LogP contribution in [0.2, 0.25) is 0 Å². The smallest absolute Gasteiger partial charge is 0.224 e. The Bertz CT molecular complexity index is 248. The van der Waals surface area contributed by atoms with Gasteiger partial charge in [-0.25, -0.2) is 0 Å². The van der Waals surface area contributed by atoms with E-state index in [-0.39, 0.29) is 5.91 Å². The van der Waals surface area contributed by atoms with Crippen LogP contribution in [0.25, 0.3) is 0 Å². The van der Waals surface area contributed by atoms with Crippen LogP contribution in [-0.2, 0) is 9.53 Å². The minimum absolute atomic E-state index is 0.263. The number of morpholine rings is 1. The summed E-state index contributed by atoms with van der Waals surface area (Å²) >= 11 is 0. The second kappa shape index (κ2) is 6.36. The highest BCUT2D eigenvalue weighted by molar-refractivity contribution is 5.76. The van der Waals surface area contributed by atoms with Crippen LogP contribution in [0.15, 0.2) is 0 Å². The maximum Gasteiger partial charge on any atom is 0.224 e. The van der Waals surface area contributed by atoms with E-state index in [0.29, 0.717) is 25.7 Å². The molecule has 1 amide bonds. The van der Waals surface area contributed by atoms with Crippen molar-refractivity contribution in [3.8, 4) is 0 Å². The molecule has 4 heteroatoms. The molecule has 1 heterocycles. The summed E-state index contributed by atoms with van der Waals surface area (Å²) in [5, 5.41) is 3.45. The Balaban J connectivity index is 1.55. The van der Waals surface area contributed by atoms with Gasteiger partial charge in [0.25, 0.3) is 0 Å². The van der Waals surface area contributed by atoms with Gasteiger partial charge in [0.2, 0.25) is 5.91 Å². The van der Waals surface area contributed by atoms with Crippen molar-refractivity contribution in [3.63, 3.8) is 0 Å². The quantitative estimate of drug-likeness (QED) is 0.753. The van der Waals surface area contributed by atoms with Gasteiger partial charge in [0.1, 0.15) is 0 Å². The minimum atomic E-state index is 0.263. The molecule has 0 aromatic rings. The van der Waals surface area contributed by atoms with E-state index in [0.717, 1.165) is 25.6 Å². The Hall–Kier alpha value is -0.610. The van der Waals surface area contributed by atoms with Crippen LogP contribution in [0, 0.1) is 5.92 Å². The lowest BCUT2D eigenvalue weighted by molar-refractivity contribution is -0.135. The molecule has 1 N–H and O–H groups in total. The molecule has 98 valence electrons. The average Bonchev–Trinajstić information content (AvgIpc) is 3.14. The summed E-state index contributed by atoms with van der Waals surface area (Å²) in [5.74, 6) is 1.21. The van der Waals surface area contributed by atoms with Gasteiger partial charge >= 0.3 is 0 Å². The normalized spacial score (nSPS) is 22.5. The maximum absolute atomic E-state index is 11.8. The topological polar surface area (TPSA) is 41.6 Å². The van der Waals surface area contributed by atoms with Crippen molar-refractivity contribution in [3.05, 3.63) is 0 Å². The van der Waals surface area contributed by atoms with Crippen LogP contribution in [0.1, 0.15) is 32.6 Å². The first-order valence-electron chi connectivity index (χ1n) is 6.84. The lowest BCUT2D eigenvalue weighted by Gasteiger charge is -2.27. The number of nitrogens with one attached hydrogen (secondary N) is 1. The second-order valence-corrected chi connectivity index (χ2v) is 5.28. The first-order chi connectivity index (χ1) is 8.25. The number of hydrogen-bond acceptors (Lipinski definition) is 3. The minimum Gasteiger partial charge on any atom is -0.378 e. The Morgan fingerprint density at radius 2 is 2.12 bits per heavy atom. The number of ether oxygens (including phenoxy) is 1. The average molecular weight is 240 g/mol. The van der Waals surface area contributed by atoms with Crippen molar-refractivity contribution in [2.75, 3.05) is 32.8 Å². The molecule has 1 aliphatic carbocycles. The van der Waals surface area contributed by atoms with Crippen LogP contribution in [-0.4, -0.2) is 49.7 Å². The molecular formula is C13H24N2O2. The predicted octanol–water partition coefficient (Wildman–Crippen LogP) is 1.01. The second-order valence-electron chi connectivity index (χ2n) is 5.28. The third-order valence-electron chi connectivity index (χ3n) is 3.58. The summed E-state index contributed by atoms with van der Waals surface area (Å²) in [6.45, 7) is 5.93. The van der Waals surface area contributed by atoms with Gasteiger partial charge in [-0.3, -0.25) is 4.79 Å². The van der Waals surface area contributed by atoms with Gasteiger partial charge in [-0.15, -0.1) is 0 Å². The molecule has 2 rings (SSSR count). The molecule has 0 radical (unpaired) electrons. The lowest BCUT2D eigenvalue weighted by Crippen LogP contribution is -2.42. The summed E-state index contributed by atoms with van der Waals surface area (Å²) < 4.78 is 5.23. The van der Waals surface area contributed by atoms with E-state index in [2.05, 4.69) is 12.2 Å². The maximum atomic E-state index is 11.8. The number of carbonyl (C=O) groups excluding carboxylic acids is 1. The first kappa shape index (κ1) is 12.8. The van der Waals surface area contributed by atoms with Crippen molar-refractivity contribution in [2.24, 2.45) is 5.92 Å². The number of rotatable bonds is 6. The molecule has 1 saturated carbocycles. The number of hydrogen-bond donors (Lipinski definition) is 1. The van der Waals surface area contributed by atoms with Crippen molar-refractivity contribution in [2.45, 2.75) is 38.6 Å². The molecule has 0 bridgehead atoms.